The first-order chi connectivity index (χ1) is 9.12. The first-order valence-electron chi connectivity index (χ1n) is 6.23. The Morgan fingerprint density at radius 2 is 2.21 bits per heavy atom. The quantitative estimate of drug-likeness (QED) is 0.276. The number of rotatable bonds is 5. The van der Waals surface area contributed by atoms with Crippen LogP contribution in [0.2, 0.25) is 0 Å². The summed E-state index contributed by atoms with van der Waals surface area (Å²) in [5.41, 5.74) is 5.64. The van der Waals surface area contributed by atoms with Crippen molar-refractivity contribution in [2.75, 3.05) is 6.61 Å². The van der Waals surface area contributed by atoms with Crippen molar-refractivity contribution in [3.05, 3.63) is 35.1 Å². The summed E-state index contributed by atoms with van der Waals surface area (Å²) in [4.78, 5) is 0. The standard InChI is InChI=1S/C13H18FN3O2/c14-11-9(3-1-4-10(11)12(15)17-19)7-16-13(8-18)5-2-6-13/h1,3-4,16,18-19H,2,5-8H2,(H2,15,17). The number of benzene rings is 1. The molecule has 5 N–H and O–H groups in total. The maximum absolute atomic E-state index is 14.1. The van der Waals surface area contributed by atoms with Crippen molar-refractivity contribution in [3.8, 4) is 0 Å². The summed E-state index contributed by atoms with van der Waals surface area (Å²) in [5, 5.41) is 23.9. The predicted octanol–water partition coefficient (Wildman–Crippen LogP) is 0.925. The largest absolute Gasteiger partial charge is 0.409 e. The van der Waals surface area contributed by atoms with Crippen LogP contribution in [0, 0.1) is 5.82 Å². The second-order valence-corrected chi connectivity index (χ2v) is 4.91. The fourth-order valence-electron chi connectivity index (χ4n) is 2.25. The van der Waals surface area contributed by atoms with Crippen LogP contribution in [-0.2, 0) is 6.54 Å². The van der Waals surface area contributed by atoms with Gasteiger partial charge in [-0.25, -0.2) is 4.39 Å². The summed E-state index contributed by atoms with van der Waals surface area (Å²) in [5.74, 6) is -0.752. The van der Waals surface area contributed by atoms with Gasteiger partial charge in [-0.2, -0.15) is 0 Å². The van der Waals surface area contributed by atoms with E-state index >= 15 is 0 Å². The minimum absolute atomic E-state index is 0.0501. The highest BCUT2D eigenvalue weighted by molar-refractivity contribution is 5.97. The molecule has 1 aliphatic carbocycles. The van der Waals surface area contributed by atoms with Crippen molar-refractivity contribution in [1.82, 2.24) is 5.32 Å². The lowest BCUT2D eigenvalue weighted by atomic mass is 9.77. The van der Waals surface area contributed by atoms with Gasteiger partial charge in [-0.05, 0) is 25.3 Å². The van der Waals surface area contributed by atoms with E-state index in [-0.39, 0.29) is 23.5 Å². The van der Waals surface area contributed by atoms with E-state index in [1.807, 2.05) is 0 Å². The van der Waals surface area contributed by atoms with Gasteiger partial charge in [-0.15, -0.1) is 0 Å². The number of aliphatic hydroxyl groups is 1. The highest BCUT2D eigenvalue weighted by Crippen LogP contribution is 2.31. The molecule has 1 fully saturated rings. The van der Waals surface area contributed by atoms with Gasteiger partial charge in [0.05, 0.1) is 12.2 Å². The van der Waals surface area contributed by atoms with E-state index in [0.29, 0.717) is 12.1 Å². The molecule has 1 aliphatic rings. The number of halogens is 1. The molecule has 1 saturated carbocycles. The third-order valence-corrected chi connectivity index (χ3v) is 3.73. The Labute approximate surface area is 110 Å². The van der Waals surface area contributed by atoms with E-state index in [1.165, 1.54) is 6.07 Å². The van der Waals surface area contributed by atoms with E-state index < -0.39 is 5.82 Å². The van der Waals surface area contributed by atoms with Crippen LogP contribution in [0.5, 0.6) is 0 Å². The van der Waals surface area contributed by atoms with Gasteiger partial charge in [-0.1, -0.05) is 17.3 Å². The zero-order valence-electron chi connectivity index (χ0n) is 10.6. The molecule has 1 aromatic carbocycles. The fraction of sp³-hybridized carbons (Fsp3) is 0.462. The van der Waals surface area contributed by atoms with Gasteiger partial charge in [0.2, 0.25) is 0 Å². The lowest BCUT2D eigenvalue weighted by Gasteiger charge is -2.41. The zero-order valence-corrected chi connectivity index (χ0v) is 10.6. The Kier molecular flexibility index (Phi) is 4.01. The Hall–Kier alpha value is -1.66. The molecule has 104 valence electrons. The van der Waals surface area contributed by atoms with Crippen molar-refractivity contribution in [2.24, 2.45) is 10.9 Å². The average Bonchev–Trinajstić information content (AvgIpc) is 2.39. The molecule has 0 aliphatic heterocycles. The molecule has 0 saturated heterocycles. The number of hydrogen-bond acceptors (Lipinski definition) is 4. The van der Waals surface area contributed by atoms with Crippen molar-refractivity contribution >= 4 is 5.84 Å². The van der Waals surface area contributed by atoms with E-state index in [4.69, 9.17) is 10.9 Å². The molecule has 2 rings (SSSR count). The fourth-order valence-corrected chi connectivity index (χ4v) is 2.25. The first kappa shape index (κ1) is 13.8. The third kappa shape index (κ3) is 2.69. The van der Waals surface area contributed by atoms with Crippen LogP contribution in [0.1, 0.15) is 30.4 Å². The predicted molar refractivity (Wildman–Crippen MR) is 69.4 cm³/mol. The molecule has 0 bridgehead atoms. The molecule has 0 radical (unpaired) electrons. The number of nitrogens with zero attached hydrogens (tertiary/aromatic N) is 1. The van der Waals surface area contributed by atoms with Crippen LogP contribution >= 0.6 is 0 Å². The molecular weight excluding hydrogens is 249 g/mol. The molecular formula is C13H18FN3O2. The average molecular weight is 267 g/mol. The first-order valence-corrected chi connectivity index (χ1v) is 6.23. The minimum Gasteiger partial charge on any atom is -0.409 e. The van der Waals surface area contributed by atoms with Crippen LogP contribution in [0.15, 0.2) is 23.4 Å². The number of oxime groups is 1. The summed E-state index contributed by atoms with van der Waals surface area (Å²) in [6.07, 6.45) is 2.86. The van der Waals surface area contributed by atoms with E-state index in [1.54, 1.807) is 12.1 Å². The highest BCUT2D eigenvalue weighted by atomic mass is 19.1. The lowest BCUT2D eigenvalue weighted by molar-refractivity contribution is 0.0869. The van der Waals surface area contributed by atoms with Gasteiger partial charge < -0.3 is 21.4 Å². The molecule has 1 aromatic rings. The lowest BCUT2D eigenvalue weighted by Crippen LogP contribution is -2.53. The van der Waals surface area contributed by atoms with Crippen molar-refractivity contribution in [3.63, 3.8) is 0 Å². The highest BCUT2D eigenvalue weighted by Gasteiger charge is 2.35. The van der Waals surface area contributed by atoms with E-state index in [2.05, 4.69) is 10.5 Å². The Bertz CT molecular complexity index is 481. The Morgan fingerprint density at radius 3 is 2.74 bits per heavy atom. The van der Waals surface area contributed by atoms with Crippen molar-refractivity contribution in [1.29, 1.82) is 0 Å². The molecule has 5 nitrogen and oxygen atoms in total. The van der Waals surface area contributed by atoms with Crippen LogP contribution < -0.4 is 11.1 Å². The summed E-state index contributed by atoms with van der Waals surface area (Å²) in [7, 11) is 0. The van der Waals surface area contributed by atoms with Gasteiger partial charge in [0, 0.05) is 17.6 Å². The molecule has 19 heavy (non-hydrogen) atoms. The molecule has 0 aromatic heterocycles. The minimum atomic E-state index is -0.502. The monoisotopic (exact) mass is 267 g/mol. The summed E-state index contributed by atoms with van der Waals surface area (Å²) < 4.78 is 14.1. The van der Waals surface area contributed by atoms with Crippen molar-refractivity contribution < 1.29 is 14.7 Å². The Morgan fingerprint density at radius 1 is 1.47 bits per heavy atom. The smallest absolute Gasteiger partial charge is 0.173 e. The van der Waals surface area contributed by atoms with E-state index in [9.17, 15) is 9.50 Å². The molecule has 0 heterocycles. The maximum Gasteiger partial charge on any atom is 0.173 e. The summed E-state index contributed by atoms with van der Waals surface area (Å²) >= 11 is 0. The molecule has 0 atom stereocenters. The molecule has 0 spiro atoms. The molecule has 0 unspecified atom stereocenters. The van der Waals surface area contributed by atoms with Gasteiger partial charge in [0.1, 0.15) is 5.82 Å². The maximum atomic E-state index is 14.1. The third-order valence-electron chi connectivity index (χ3n) is 3.73. The molecule has 6 heteroatoms. The Balaban J connectivity index is 2.13. The second-order valence-electron chi connectivity index (χ2n) is 4.91. The number of nitrogens with two attached hydrogens (primary N) is 1. The second kappa shape index (κ2) is 5.54. The van der Waals surface area contributed by atoms with Crippen LogP contribution in [0.4, 0.5) is 4.39 Å². The number of amidine groups is 1. The van der Waals surface area contributed by atoms with Crippen LogP contribution in [-0.4, -0.2) is 28.3 Å². The summed E-state index contributed by atoms with van der Waals surface area (Å²) in [6, 6.07) is 4.75. The SMILES string of the molecule is N/C(=N/O)c1cccc(CNC2(CO)CCC2)c1F. The van der Waals surface area contributed by atoms with E-state index in [0.717, 1.165) is 19.3 Å². The van der Waals surface area contributed by atoms with Gasteiger partial charge in [0.25, 0.3) is 0 Å². The summed E-state index contributed by atoms with van der Waals surface area (Å²) in [6.45, 7) is 0.355. The zero-order chi connectivity index (χ0) is 13.9. The van der Waals surface area contributed by atoms with Gasteiger partial charge in [0.15, 0.2) is 5.84 Å². The molecule has 0 amide bonds. The normalized spacial score (nSPS) is 18.1. The topological polar surface area (TPSA) is 90.9 Å². The number of aliphatic hydroxyl groups excluding tert-OH is 1. The van der Waals surface area contributed by atoms with Gasteiger partial charge in [-0.3, -0.25) is 0 Å². The van der Waals surface area contributed by atoms with Crippen LogP contribution in [0.25, 0.3) is 0 Å². The van der Waals surface area contributed by atoms with Gasteiger partial charge >= 0.3 is 0 Å². The number of nitrogens with one attached hydrogen (secondary N) is 1. The van der Waals surface area contributed by atoms with Crippen LogP contribution in [0.3, 0.4) is 0 Å². The number of hydrogen-bond donors (Lipinski definition) is 4. The van der Waals surface area contributed by atoms with Crippen molar-refractivity contribution in [2.45, 2.75) is 31.3 Å².